The van der Waals surface area contributed by atoms with Gasteiger partial charge in [-0.2, -0.15) is 0 Å². The van der Waals surface area contributed by atoms with E-state index in [9.17, 15) is 17.6 Å². The minimum atomic E-state index is -4.38. The molecule has 232 valence electrons. The maximum Gasteiger partial charge on any atom is 0.264 e. The van der Waals surface area contributed by atoms with E-state index in [0.717, 1.165) is 33.6 Å². The number of benzene rings is 4. The van der Waals surface area contributed by atoms with Crippen LogP contribution in [-0.4, -0.2) is 51.3 Å². The van der Waals surface area contributed by atoms with E-state index in [4.69, 9.17) is 11.6 Å². The lowest BCUT2D eigenvalue weighted by atomic mass is 9.97. The van der Waals surface area contributed by atoms with Gasteiger partial charge < -0.3 is 9.80 Å². The molecular weight excluding hydrogens is 604 g/mol. The molecule has 0 aliphatic rings. The normalized spacial score (nSPS) is 12.2. The maximum atomic E-state index is 15.2. The number of sulfonamides is 1. The first-order valence-electron chi connectivity index (χ1n) is 14.3. The second-order valence-corrected chi connectivity index (χ2v) is 13.1. The third-order valence-corrected chi connectivity index (χ3v) is 9.52. The SMILES string of the molecule is C[C@H](c1ccccc1CCC(=O)N(CCN(C)C)Cc1ccccc1)N(c1cc(F)ccc1F)S(=O)(=O)c1ccc(Cl)cc1. The molecule has 0 radical (unpaired) electrons. The van der Waals surface area contributed by atoms with Crippen LogP contribution in [0, 0.1) is 11.6 Å². The predicted octanol–water partition coefficient (Wildman–Crippen LogP) is 7.10. The number of likely N-dealkylation sites (N-methyl/N-ethyl adjacent to an activating group) is 1. The summed E-state index contributed by atoms with van der Waals surface area (Å²) in [7, 11) is -0.476. The number of anilines is 1. The molecule has 44 heavy (non-hydrogen) atoms. The molecule has 4 aromatic carbocycles. The summed E-state index contributed by atoms with van der Waals surface area (Å²) in [6.07, 6.45) is 0.509. The fourth-order valence-corrected chi connectivity index (χ4v) is 6.79. The molecule has 0 aliphatic carbocycles. The monoisotopic (exact) mass is 639 g/mol. The van der Waals surface area contributed by atoms with Gasteiger partial charge in [-0.05, 0) is 80.5 Å². The van der Waals surface area contributed by atoms with Crippen LogP contribution in [0.4, 0.5) is 14.5 Å². The zero-order valence-electron chi connectivity index (χ0n) is 25.0. The lowest BCUT2D eigenvalue weighted by Crippen LogP contribution is -2.36. The van der Waals surface area contributed by atoms with Crippen molar-refractivity contribution in [2.45, 2.75) is 37.2 Å². The van der Waals surface area contributed by atoms with Gasteiger partial charge in [0.1, 0.15) is 11.6 Å². The summed E-state index contributed by atoms with van der Waals surface area (Å²) < 4.78 is 58.5. The molecule has 0 bridgehead atoms. The van der Waals surface area contributed by atoms with Crippen molar-refractivity contribution in [3.05, 3.63) is 130 Å². The number of nitrogens with zero attached hydrogens (tertiary/aromatic N) is 3. The molecule has 0 heterocycles. The number of amides is 1. The zero-order chi connectivity index (χ0) is 31.9. The summed E-state index contributed by atoms with van der Waals surface area (Å²) in [4.78, 5) is 17.2. The molecule has 0 saturated carbocycles. The third kappa shape index (κ3) is 8.22. The number of halogens is 3. The smallest absolute Gasteiger partial charge is 0.264 e. The van der Waals surface area contributed by atoms with Gasteiger partial charge in [0, 0.05) is 37.1 Å². The average Bonchev–Trinajstić information content (AvgIpc) is 3.00. The summed E-state index contributed by atoms with van der Waals surface area (Å²) in [5.74, 6) is -1.71. The first-order valence-corrected chi connectivity index (χ1v) is 16.1. The lowest BCUT2D eigenvalue weighted by molar-refractivity contribution is -0.132. The fourth-order valence-electron chi connectivity index (χ4n) is 5.03. The fraction of sp³-hybridized carbons (Fsp3) is 0.265. The summed E-state index contributed by atoms with van der Waals surface area (Å²) in [6, 6.07) is 24.2. The highest BCUT2D eigenvalue weighted by Gasteiger charge is 2.33. The number of carbonyl (C=O) groups excluding carboxylic acids is 1. The minimum Gasteiger partial charge on any atom is -0.337 e. The molecule has 6 nitrogen and oxygen atoms in total. The van der Waals surface area contributed by atoms with Crippen molar-refractivity contribution >= 4 is 33.2 Å². The predicted molar refractivity (Wildman–Crippen MR) is 171 cm³/mol. The van der Waals surface area contributed by atoms with Crippen molar-refractivity contribution in [3.8, 4) is 0 Å². The quantitative estimate of drug-likeness (QED) is 0.157. The Labute approximate surface area is 263 Å². The van der Waals surface area contributed by atoms with Crippen LogP contribution in [0.1, 0.15) is 36.1 Å². The topological polar surface area (TPSA) is 60.9 Å². The van der Waals surface area contributed by atoms with Crippen molar-refractivity contribution in [2.75, 3.05) is 31.5 Å². The number of rotatable bonds is 13. The van der Waals surface area contributed by atoms with Gasteiger partial charge in [-0.1, -0.05) is 66.2 Å². The standard InChI is InChI=1S/C34H36ClF2N3O3S/c1-25(40(33-23-29(36)16-19-32(33)37)44(42,43)30-17-14-28(35)15-18-30)31-12-8-7-11-27(31)13-20-34(41)39(22-21-38(2)3)24-26-9-5-4-6-10-26/h4-12,14-19,23,25H,13,20-22,24H2,1-3H3/t25-/m1/s1. The largest absolute Gasteiger partial charge is 0.337 e. The van der Waals surface area contributed by atoms with E-state index in [1.807, 2.05) is 66.4 Å². The van der Waals surface area contributed by atoms with Crippen molar-refractivity contribution in [3.63, 3.8) is 0 Å². The number of hydrogen-bond acceptors (Lipinski definition) is 4. The molecular formula is C34H36ClF2N3O3S. The molecule has 1 amide bonds. The molecule has 10 heteroatoms. The van der Waals surface area contributed by atoms with Crippen molar-refractivity contribution in [2.24, 2.45) is 0 Å². The van der Waals surface area contributed by atoms with Crippen molar-refractivity contribution in [1.29, 1.82) is 0 Å². The van der Waals surface area contributed by atoms with Gasteiger partial charge in [0.25, 0.3) is 10.0 Å². The van der Waals surface area contributed by atoms with Gasteiger partial charge >= 0.3 is 0 Å². The second kappa shape index (κ2) is 14.8. The second-order valence-electron chi connectivity index (χ2n) is 10.8. The molecule has 4 rings (SSSR count). The Bertz CT molecular complexity index is 1670. The maximum absolute atomic E-state index is 15.2. The summed E-state index contributed by atoms with van der Waals surface area (Å²) >= 11 is 6.00. The highest BCUT2D eigenvalue weighted by molar-refractivity contribution is 7.92. The van der Waals surface area contributed by atoms with E-state index in [1.54, 1.807) is 19.1 Å². The van der Waals surface area contributed by atoms with Crippen LogP contribution in [0.25, 0.3) is 0 Å². The van der Waals surface area contributed by atoms with Crippen LogP contribution in [0.5, 0.6) is 0 Å². The highest BCUT2D eigenvalue weighted by atomic mass is 35.5. The Morgan fingerprint density at radius 2 is 1.52 bits per heavy atom. The molecule has 0 spiro atoms. The molecule has 0 aliphatic heterocycles. The molecule has 0 fully saturated rings. The molecule has 0 unspecified atom stereocenters. The van der Waals surface area contributed by atoms with Crippen molar-refractivity contribution < 1.29 is 22.0 Å². The summed E-state index contributed by atoms with van der Waals surface area (Å²) in [6.45, 7) is 3.34. The van der Waals surface area contributed by atoms with E-state index in [-0.39, 0.29) is 17.2 Å². The van der Waals surface area contributed by atoms with E-state index in [2.05, 4.69) is 0 Å². The van der Waals surface area contributed by atoms with E-state index < -0.39 is 33.4 Å². The van der Waals surface area contributed by atoms with Crippen LogP contribution >= 0.6 is 11.6 Å². The molecule has 1 atom stereocenters. The van der Waals surface area contributed by atoms with Crippen LogP contribution in [-0.2, 0) is 27.8 Å². The van der Waals surface area contributed by atoms with Gasteiger partial charge in [-0.3, -0.25) is 9.10 Å². The average molecular weight is 640 g/mol. The van der Waals surface area contributed by atoms with Crippen LogP contribution in [0.2, 0.25) is 5.02 Å². The lowest BCUT2D eigenvalue weighted by Gasteiger charge is -2.32. The van der Waals surface area contributed by atoms with Crippen LogP contribution in [0.3, 0.4) is 0 Å². The van der Waals surface area contributed by atoms with Gasteiger partial charge in [0.2, 0.25) is 5.91 Å². The zero-order valence-corrected chi connectivity index (χ0v) is 26.5. The third-order valence-electron chi connectivity index (χ3n) is 7.37. The Morgan fingerprint density at radius 3 is 2.20 bits per heavy atom. The van der Waals surface area contributed by atoms with Crippen LogP contribution in [0.15, 0.2) is 102 Å². The number of hydrogen-bond donors (Lipinski definition) is 0. The van der Waals surface area contributed by atoms with Gasteiger partial charge in [-0.15, -0.1) is 0 Å². The molecule has 0 saturated heterocycles. The first-order chi connectivity index (χ1) is 21.0. The van der Waals surface area contributed by atoms with Crippen LogP contribution < -0.4 is 4.31 Å². The van der Waals surface area contributed by atoms with E-state index >= 15 is 4.39 Å². The molecule has 0 N–H and O–H groups in total. The highest BCUT2D eigenvalue weighted by Crippen LogP contribution is 2.37. The molecule has 0 aromatic heterocycles. The minimum absolute atomic E-state index is 0.0417. The Hall–Kier alpha value is -3.79. The van der Waals surface area contributed by atoms with Gasteiger partial charge in [0.15, 0.2) is 0 Å². The van der Waals surface area contributed by atoms with Gasteiger partial charge in [-0.25, -0.2) is 17.2 Å². The Balaban J connectivity index is 1.66. The number of carbonyl (C=O) groups is 1. The number of aryl methyl sites for hydroxylation is 1. The Kier molecular flexibility index (Phi) is 11.1. The van der Waals surface area contributed by atoms with E-state index in [0.29, 0.717) is 36.6 Å². The van der Waals surface area contributed by atoms with Gasteiger partial charge in [0.05, 0.1) is 16.6 Å². The first kappa shape index (κ1) is 33.1. The summed E-state index contributed by atoms with van der Waals surface area (Å²) in [5.41, 5.74) is 1.91. The van der Waals surface area contributed by atoms with Crippen molar-refractivity contribution in [1.82, 2.24) is 9.80 Å². The summed E-state index contributed by atoms with van der Waals surface area (Å²) in [5, 5.41) is 0.336. The van der Waals surface area contributed by atoms with E-state index in [1.165, 1.54) is 24.3 Å². The Morgan fingerprint density at radius 1 is 0.864 bits per heavy atom. The molecule has 4 aromatic rings.